The predicted octanol–water partition coefficient (Wildman–Crippen LogP) is 5.33. The highest BCUT2D eigenvalue weighted by atomic mass is 79.9. The van der Waals surface area contributed by atoms with Crippen molar-refractivity contribution in [1.29, 1.82) is 0 Å². The van der Waals surface area contributed by atoms with Crippen LogP contribution in [0.4, 0.5) is 0 Å². The Morgan fingerprint density at radius 2 is 1.75 bits per heavy atom. The largest absolute Gasteiger partial charge is 0.483 e. The van der Waals surface area contributed by atoms with E-state index in [4.69, 9.17) is 4.74 Å². The summed E-state index contributed by atoms with van der Waals surface area (Å²) >= 11 is 3.54. The van der Waals surface area contributed by atoms with E-state index in [1.165, 1.54) is 5.56 Å². The Bertz CT molecular complexity index is 884. The summed E-state index contributed by atoms with van der Waals surface area (Å²) in [6.45, 7) is 10.3. The van der Waals surface area contributed by atoms with Crippen molar-refractivity contribution in [3.05, 3.63) is 64.1 Å². The fraction of sp³-hybridized carbons (Fsp3) is 0.462. The van der Waals surface area contributed by atoms with Gasteiger partial charge in [-0.1, -0.05) is 57.2 Å². The highest BCUT2D eigenvalue weighted by Gasteiger charge is 2.29. The maximum absolute atomic E-state index is 13.2. The molecule has 1 N–H and O–H groups in total. The number of rotatable bonds is 11. The maximum atomic E-state index is 13.2. The molecule has 0 saturated carbocycles. The first-order valence-corrected chi connectivity index (χ1v) is 12.1. The van der Waals surface area contributed by atoms with Crippen LogP contribution in [-0.2, 0) is 16.0 Å². The number of amides is 2. The number of benzene rings is 2. The molecule has 2 rings (SSSR count). The monoisotopic (exact) mass is 502 g/mol. The van der Waals surface area contributed by atoms with Gasteiger partial charge in [-0.15, -0.1) is 0 Å². The van der Waals surface area contributed by atoms with Gasteiger partial charge in [0.1, 0.15) is 11.8 Å². The number of hydrogen-bond acceptors (Lipinski definition) is 3. The van der Waals surface area contributed by atoms with E-state index in [0.717, 1.165) is 10.0 Å². The second-order valence-corrected chi connectivity index (χ2v) is 9.40. The lowest BCUT2D eigenvalue weighted by Crippen LogP contribution is -2.52. The van der Waals surface area contributed by atoms with Crippen LogP contribution in [0.25, 0.3) is 0 Å². The molecule has 5 nitrogen and oxygen atoms in total. The Morgan fingerprint density at radius 1 is 1.06 bits per heavy atom. The minimum absolute atomic E-state index is 0.00861. The Labute approximate surface area is 200 Å². The Morgan fingerprint density at radius 3 is 2.31 bits per heavy atom. The summed E-state index contributed by atoms with van der Waals surface area (Å²) in [4.78, 5) is 27.7. The first-order chi connectivity index (χ1) is 15.2. The average molecular weight is 503 g/mol. The minimum Gasteiger partial charge on any atom is -0.483 e. The molecule has 174 valence electrons. The van der Waals surface area contributed by atoms with Crippen LogP contribution in [-0.4, -0.2) is 41.9 Å². The summed E-state index contributed by atoms with van der Waals surface area (Å²) in [5.41, 5.74) is 2.31. The molecule has 0 aliphatic carbocycles. The van der Waals surface area contributed by atoms with Crippen LogP contribution in [0, 0.1) is 0 Å². The second-order valence-electron chi connectivity index (χ2n) is 8.54. The summed E-state index contributed by atoms with van der Waals surface area (Å²) in [6, 6.07) is 15.4. The molecular weight excluding hydrogens is 468 g/mol. The Balaban J connectivity index is 2.15. The van der Waals surface area contributed by atoms with Gasteiger partial charge in [0.15, 0.2) is 6.61 Å². The van der Waals surface area contributed by atoms with Gasteiger partial charge in [-0.25, -0.2) is 0 Å². The Kier molecular flexibility index (Phi) is 10.2. The van der Waals surface area contributed by atoms with E-state index in [2.05, 4.69) is 35.1 Å². The molecule has 0 unspecified atom stereocenters. The molecule has 0 radical (unpaired) electrons. The molecule has 2 aromatic rings. The van der Waals surface area contributed by atoms with Gasteiger partial charge in [-0.3, -0.25) is 9.59 Å². The lowest BCUT2D eigenvalue weighted by molar-refractivity contribution is -0.142. The van der Waals surface area contributed by atoms with E-state index in [0.29, 0.717) is 31.1 Å². The molecule has 0 saturated heterocycles. The Hall–Kier alpha value is -2.34. The highest BCUT2D eigenvalue weighted by Crippen LogP contribution is 2.29. The summed E-state index contributed by atoms with van der Waals surface area (Å²) in [6.07, 6.45) is 1.21. The zero-order chi connectivity index (χ0) is 23.7. The van der Waals surface area contributed by atoms with Gasteiger partial charge in [0.2, 0.25) is 5.91 Å². The zero-order valence-electron chi connectivity index (χ0n) is 19.7. The van der Waals surface area contributed by atoms with Crippen molar-refractivity contribution in [2.75, 3.05) is 13.2 Å². The summed E-state index contributed by atoms with van der Waals surface area (Å²) in [5, 5.41) is 2.95. The van der Waals surface area contributed by atoms with Crippen LogP contribution in [0.15, 0.2) is 53.0 Å². The first kappa shape index (κ1) is 25.9. The molecule has 2 amide bonds. The topological polar surface area (TPSA) is 58.6 Å². The summed E-state index contributed by atoms with van der Waals surface area (Å²) in [5.74, 6) is 0.684. The van der Waals surface area contributed by atoms with Crippen molar-refractivity contribution in [3.63, 3.8) is 0 Å². The number of carbonyl (C=O) groups excluding carboxylic acids is 2. The predicted molar refractivity (Wildman–Crippen MR) is 133 cm³/mol. The van der Waals surface area contributed by atoms with E-state index in [-0.39, 0.29) is 24.5 Å². The molecule has 2 aromatic carbocycles. The minimum atomic E-state index is -0.538. The van der Waals surface area contributed by atoms with Crippen LogP contribution < -0.4 is 10.1 Å². The number of hydrogen-bond donors (Lipinski definition) is 1. The lowest BCUT2D eigenvalue weighted by Gasteiger charge is -2.31. The first-order valence-electron chi connectivity index (χ1n) is 11.3. The van der Waals surface area contributed by atoms with Crippen molar-refractivity contribution in [2.24, 2.45) is 0 Å². The number of ether oxygens (including phenoxy) is 1. The fourth-order valence-electron chi connectivity index (χ4n) is 3.49. The second kappa shape index (κ2) is 12.6. The smallest absolute Gasteiger partial charge is 0.261 e. The molecule has 0 heterocycles. The maximum Gasteiger partial charge on any atom is 0.261 e. The highest BCUT2D eigenvalue weighted by molar-refractivity contribution is 9.10. The van der Waals surface area contributed by atoms with E-state index >= 15 is 0 Å². The van der Waals surface area contributed by atoms with Crippen molar-refractivity contribution in [2.45, 2.75) is 65.5 Å². The molecule has 0 spiro atoms. The normalized spacial score (nSPS) is 12.0. The molecule has 32 heavy (non-hydrogen) atoms. The van der Waals surface area contributed by atoms with Crippen LogP contribution in [0.2, 0.25) is 0 Å². The third-order valence-corrected chi connectivity index (χ3v) is 5.89. The molecule has 0 fully saturated rings. The third kappa shape index (κ3) is 7.66. The number of nitrogens with zero attached hydrogens (tertiary/aromatic N) is 1. The van der Waals surface area contributed by atoms with Crippen molar-refractivity contribution >= 4 is 27.7 Å². The molecule has 0 bridgehead atoms. The standard InChI is InChI=1S/C26H35BrN2O3/c1-6-23(26(31)28-19(4)5)29(15-14-20-10-8-7-9-11-20)25(30)17-32-24-13-12-21(18(2)3)16-22(24)27/h7-13,16,18-19,23H,6,14-15,17H2,1-5H3,(H,28,31)/t23-/m1/s1. The molecule has 6 heteroatoms. The fourth-order valence-corrected chi connectivity index (χ4v) is 4.00. The molecule has 0 aliphatic heterocycles. The van der Waals surface area contributed by atoms with Crippen molar-refractivity contribution < 1.29 is 14.3 Å². The van der Waals surface area contributed by atoms with Gasteiger partial charge in [0.05, 0.1) is 4.47 Å². The number of carbonyl (C=O) groups is 2. The van der Waals surface area contributed by atoms with Gasteiger partial charge < -0.3 is 15.0 Å². The molecule has 1 atom stereocenters. The molecule has 0 aliphatic rings. The van der Waals surface area contributed by atoms with Gasteiger partial charge >= 0.3 is 0 Å². The van der Waals surface area contributed by atoms with E-state index < -0.39 is 6.04 Å². The third-order valence-electron chi connectivity index (χ3n) is 5.27. The van der Waals surface area contributed by atoms with Crippen LogP contribution in [0.3, 0.4) is 0 Å². The van der Waals surface area contributed by atoms with Crippen LogP contribution >= 0.6 is 15.9 Å². The number of halogens is 1. The van der Waals surface area contributed by atoms with Gasteiger partial charge in [-0.2, -0.15) is 0 Å². The quantitative estimate of drug-likeness (QED) is 0.451. The van der Waals surface area contributed by atoms with Gasteiger partial charge in [-0.05, 0) is 71.8 Å². The summed E-state index contributed by atoms with van der Waals surface area (Å²) < 4.78 is 6.67. The van der Waals surface area contributed by atoms with Gasteiger partial charge in [0, 0.05) is 12.6 Å². The zero-order valence-corrected chi connectivity index (χ0v) is 21.3. The van der Waals surface area contributed by atoms with E-state index in [1.807, 2.05) is 69.3 Å². The molecule has 0 aromatic heterocycles. The van der Waals surface area contributed by atoms with E-state index in [1.54, 1.807) is 4.90 Å². The van der Waals surface area contributed by atoms with Crippen LogP contribution in [0.5, 0.6) is 5.75 Å². The van der Waals surface area contributed by atoms with Crippen molar-refractivity contribution in [3.8, 4) is 5.75 Å². The SMILES string of the molecule is CC[C@H](C(=O)NC(C)C)N(CCc1ccccc1)C(=O)COc1ccc(C(C)C)cc1Br. The average Bonchev–Trinajstić information content (AvgIpc) is 2.75. The van der Waals surface area contributed by atoms with Gasteiger partial charge in [0.25, 0.3) is 5.91 Å². The van der Waals surface area contributed by atoms with E-state index in [9.17, 15) is 9.59 Å². The summed E-state index contributed by atoms with van der Waals surface area (Å²) in [7, 11) is 0. The van der Waals surface area contributed by atoms with Crippen LogP contribution in [0.1, 0.15) is 58.1 Å². The lowest BCUT2D eigenvalue weighted by atomic mass is 10.0. The molecular formula is C26H35BrN2O3. The number of nitrogens with one attached hydrogen (secondary N) is 1. The van der Waals surface area contributed by atoms with Crippen molar-refractivity contribution in [1.82, 2.24) is 10.2 Å².